The molecule has 2 N–H and O–H groups in total. The Kier molecular flexibility index (Phi) is 10.2. The van der Waals surface area contributed by atoms with Gasteiger partial charge in [0.15, 0.2) is 0 Å². The Morgan fingerprint density at radius 2 is 1.86 bits per heavy atom. The van der Waals surface area contributed by atoms with E-state index in [0.29, 0.717) is 11.3 Å². The zero-order chi connectivity index (χ0) is 26.3. The molecule has 0 heterocycles. The normalized spacial score (nSPS) is 13.8. The van der Waals surface area contributed by atoms with E-state index in [-0.39, 0.29) is 11.9 Å². The van der Waals surface area contributed by atoms with Crippen LogP contribution in [0, 0.1) is 6.92 Å². The van der Waals surface area contributed by atoms with Gasteiger partial charge in [-0.1, -0.05) is 55.7 Å². The molecule has 0 saturated carbocycles. The van der Waals surface area contributed by atoms with E-state index in [1.165, 1.54) is 6.66 Å². The van der Waals surface area contributed by atoms with Gasteiger partial charge in [-0.3, -0.25) is 9.36 Å². The predicted octanol–water partition coefficient (Wildman–Crippen LogP) is 7.26. The molecule has 2 rings (SSSR count). The van der Waals surface area contributed by atoms with E-state index in [1.807, 2.05) is 38.1 Å². The molecule has 0 aliphatic carbocycles. The standard InChI is InChI=1S/C28H40NO5P/c1-9-10-11-12-22-16-25(30)27(24-15-20(6)13-14-23(24)18(2)3)26(17-22)34-35(8,32)29-21(7)28(31)33-19(4)5/h13-17,19,21,30H,2,9-12H2,1,3-8H3,(H,29,32)/t21-,35?/m0/s1. The van der Waals surface area contributed by atoms with Crippen molar-refractivity contribution in [1.29, 1.82) is 0 Å². The molecule has 1 unspecified atom stereocenters. The Bertz CT molecular complexity index is 1110. The van der Waals surface area contributed by atoms with Crippen LogP contribution in [0.1, 0.15) is 70.6 Å². The Labute approximate surface area is 210 Å². The molecule has 0 saturated heterocycles. The van der Waals surface area contributed by atoms with Gasteiger partial charge in [0.2, 0.25) is 0 Å². The van der Waals surface area contributed by atoms with Crippen LogP contribution in [0.2, 0.25) is 0 Å². The summed E-state index contributed by atoms with van der Waals surface area (Å²) in [5.74, 6) is -0.160. The van der Waals surface area contributed by atoms with E-state index in [4.69, 9.17) is 9.26 Å². The van der Waals surface area contributed by atoms with Crippen molar-refractivity contribution in [2.24, 2.45) is 0 Å². The largest absolute Gasteiger partial charge is 0.507 e. The maximum absolute atomic E-state index is 13.5. The van der Waals surface area contributed by atoms with Crippen LogP contribution < -0.4 is 9.61 Å². The Morgan fingerprint density at radius 1 is 1.17 bits per heavy atom. The molecule has 192 valence electrons. The number of nitrogens with one attached hydrogen (secondary N) is 1. The number of ether oxygens (including phenoxy) is 1. The SMILES string of the molecule is C=C(C)c1ccc(C)cc1-c1c(O)cc(CCCCC)cc1OP(C)(=O)N[C@@H](C)C(=O)OC(C)C. The zero-order valence-corrected chi connectivity index (χ0v) is 23.0. The Hall–Kier alpha value is -2.56. The molecule has 0 spiro atoms. The summed E-state index contributed by atoms with van der Waals surface area (Å²) in [4.78, 5) is 12.3. The van der Waals surface area contributed by atoms with E-state index >= 15 is 0 Å². The fourth-order valence-corrected chi connectivity index (χ4v) is 5.29. The summed E-state index contributed by atoms with van der Waals surface area (Å²) in [6.07, 6.45) is 3.60. The summed E-state index contributed by atoms with van der Waals surface area (Å²) in [5.41, 5.74) is 4.80. The van der Waals surface area contributed by atoms with Gasteiger partial charge in [0, 0.05) is 6.66 Å². The van der Waals surface area contributed by atoms with Crippen LogP contribution in [0.25, 0.3) is 16.7 Å². The highest BCUT2D eigenvalue weighted by Crippen LogP contribution is 2.48. The van der Waals surface area contributed by atoms with Gasteiger partial charge in [0.25, 0.3) is 0 Å². The first-order valence-electron chi connectivity index (χ1n) is 12.2. The number of phenolic OH excluding ortho intramolecular Hbond substituents is 1. The number of carbonyl (C=O) groups excluding carboxylic acids is 1. The first kappa shape index (κ1) is 28.7. The summed E-state index contributed by atoms with van der Waals surface area (Å²) in [6, 6.07) is 8.66. The number of allylic oxidation sites excluding steroid dienone is 1. The molecule has 0 radical (unpaired) electrons. The van der Waals surface area contributed by atoms with Crippen LogP contribution in [0.15, 0.2) is 36.9 Å². The van der Waals surface area contributed by atoms with E-state index in [2.05, 4.69) is 18.6 Å². The molecular weight excluding hydrogens is 461 g/mol. The van der Waals surface area contributed by atoms with Gasteiger partial charge in [0.1, 0.15) is 17.5 Å². The molecule has 2 aromatic carbocycles. The number of carbonyl (C=O) groups is 1. The summed E-state index contributed by atoms with van der Waals surface area (Å²) < 4.78 is 24.8. The van der Waals surface area contributed by atoms with Crippen molar-refractivity contribution in [2.75, 3.05) is 6.66 Å². The minimum atomic E-state index is -3.52. The third-order valence-corrected chi connectivity index (χ3v) is 6.92. The fourth-order valence-electron chi connectivity index (χ4n) is 3.91. The van der Waals surface area contributed by atoms with Gasteiger partial charge >= 0.3 is 13.5 Å². The number of esters is 1. The van der Waals surface area contributed by atoms with Crippen LogP contribution in [0.5, 0.6) is 11.5 Å². The summed E-state index contributed by atoms with van der Waals surface area (Å²) in [5, 5.41) is 13.9. The first-order chi connectivity index (χ1) is 16.3. The maximum atomic E-state index is 13.5. The second-order valence-electron chi connectivity index (χ2n) is 9.55. The minimum Gasteiger partial charge on any atom is -0.507 e. The lowest BCUT2D eigenvalue weighted by Gasteiger charge is -2.24. The first-order valence-corrected chi connectivity index (χ1v) is 14.3. The second kappa shape index (κ2) is 12.4. The highest BCUT2D eigenvalue weighted by molar-refractivity contribution is 7.56. The fraction of sp³-hybridized carbons (Fsp3) is 0.464. The van der Waals surface area contributed by atoms with Crippen LogP contribution in [0.4, 0.5) is 0 Å². The Morgan fingerprint density at radius 3 is 2.46 bits per heavy atom. The van der Waals surface area contributed by atoms with Gasteiger partial charge in [-0.05, 0) is 76.3 Å². The van der Waals surface area contributed by atoms with E-state index in [9.17, 15) is 14.5 Å². The molecule has 0 aromatic heterocycles. The van der Waals surface area contributed by atoms with Gasteiger partial charge in [0.05, 0.1) is 11.7 Å². The number of rotatable bonds is 12. The average Bonchev–Trinajstić information content (AvgIpc) is 2.72. The number of phenols is 1. The van der Waals surface area contributed by atoms with Crippen LogP contribution >= 0.6 is 7.52 Å². The molecule has 7 heteroatoms. The summed E-state index contributed by atoms with van der Waals surface area (Å²) in [6.45, 7) is 16.6. The molecule has 0 fully saturated rings. The van der Waals surface area contributed by atoms with Crippen molar-refractivity contribution in [1.82, 2.24) is 5.09 Å². The summed E-state index contributed by atoms with van der Waals surface area (Å²) >= 11 is 0. The number of hydrogen-bond donors (Lipinski definition) is 2. The van der Waals surface area contributed by atoms with Crippen molar-refractivity contribution in [3.05, 3.63) is 53.6 Å². The molecule has 6 nitrogen and oxygen atoms in total. The van der Waals surface area contributed by atoms with Gasteiger partial charge in [-0.25, -0.2) is 5.09 Å². The van der Waals surface area contributed by atoms with Gasteiger partial charge in [-0.15, -0.1) is 0 Å². The smallest absolute Gasteiger partial charge is 0.323 e. The number of hydrogen-bond acceptors (Lipinski definition) is 5. The third-order valence-electron chi connectivity index (χ3n) is 5.52. The van der Waals surface area contributed by atoms with E-state index < -0.39 is 19.5 Å². The molecule has 35 heavy (non-hydrogen) atoms. The second-order valence-corrected chi connectivity index (χ2v) is 11.7. The highest BCUT2D eigenvalue weighted by Gasteiger charge is 2.28. The predicted molar refractivity (Wildman–Crippen MR) is 144 cm³/mol. The van der Waals surface area contributed by atoms with Crippen molar-refractivity contribution < 1.29 is 23.7 Å². The lowest BCUT2D eigenvalue weighted by molar-refractivity contribution is -0.149. The van der Waals surface area contributed by atoms with Crippen LogP contribution in [-0.2, 0) is 20.5 Å². The number of aromatic hydroxyl groups is 1. The lowest BCUT2D eigenvalue weighted by atomic mass is 9.91. The summed E-state index contributed by atoms with van der Waals surface area (Å²) in [7, 11) is -3.52. The van der Waals surface area contributed by atoms with E-state index in [0.717, 1.165) is 53.5 Å². The van der Waals surface area contributed by atoms with Crippen molar-refractivity contribution in [3.63, 3.8) is 0 Å². The quantitative estimate of drug-likeness (QED) is 0.181. The zero-order valence-electron chi connectivity index (χ0n) is 22.1. The third kappa shape index (κ3) is 8.26. The number of unbranched alkanes of at least 4 members (excludes halogenated alkanes) is 2. The number of aryl methyl sites for hydroxylation is 2. The van der Waals surface area contributed by atoms with Crippen LogP contribution in [0.3, 0.4) is 0 Å². The van der Waals surface area contributed by atoms with Crippen molar-refractivity contribution in [2.45, 2.75) is 79.4 Å². The molecule has 0 bridgehead atoms. The molecular formula is C28H40NO5P. The lowest BCUT2D eigenvalue weighted by Crippen LogP contribution is -2.35. The Balaban J connectivity index is 2.55. The number of benzene rings is 2. The molecule has 0 amide bonds. The van der Waals surface area contributed by atoms with Gasteiger partial charge < -0.3 is 14.4 Å². The molecule has 0 aliphatic heterocycles. The highest BCUT2D eigenvalue weighted by atomic mass is 31.2. The van der Waals surface area contributed by atoms with Crippen molar-refractivity contribution >= 4 is 19.1 Å². The van der Waals surface area contributed by atoms with Crippen molar-refractivity contribution in [3.8, 4) is 22.6 Å². The maximum Gasteiger partial charge on any atom is 0.323 e. The molecule has 2 aromatic rings. The van der Waals surface area contributed by atoms with E-state index in [1.54, 1.807) is 26.8 Å². The molecule has 0 aliphatic rings. The average molecular weight is 502 g/mol. The minimum absolute atomic E-state index is 0.0503. The topological polar surface area (TPSA) is 84.9 Å². The monoisotopic (exact) mass is 501 g/mol. The van der Waals surface area contributed by atoms with Crippen LogP contribution in [-0.4, -0.2) is 29.9 Å². The molecule has 2 atom stereocenters. The van der Waals surface area contributed by atoms with Gasteiger partial charge in [-0.2, -0.15) is 0 Å².